The summed E-state index contributed by atoms with van der Waals surface area (Å²) < 4.78 is 27.3. The summed E-state index contributed by atoms with van der Waals surface area (Å²) in [5, 5.41) is 4.08. The number of hydrogen-bond acceptors (Lipinski definition) is 1. The lowest BCUT2D eigenvalue weighted by atomic mass is 10.0. The van der Waals surface area contributed by atoms with Gasteiger partial charge in [-0.15, -0.1) is 0 Å². The highest BCUT2D eigenvalue weighted by Crippen LogP contribution is 2.30. The molecule has 0 atom stereocenters. The van der Waals surface area contributed by atoms with E-state index in [1.54, 1.807) is 35.3 Å². The van der Waals surface area contributed by atoms with Gasteiger partial charge in [0.1, 0.15) is 0 Å². The van der Waals surface area contributed by atoms with Crippen LogP contribution in [0.1, 0.15) is 18.9 Å². The van der Waals surface area contributed by atoms with Crippen molar-refractivity contribution in [2.45, 2.75) is 19.9 Å². The number of hydrogen-bond donors (Lipinski definition) is 0. The second-order valence-electron chi connectivity index (χ2n) is 3.47. The van der Waals surface area contributed by atoms with Gasteiger partial charge in [-0.3, -0.25) is 4.68 Å². The summed E-state index contributed by atoms with van der Waals surface area (Å²) in [6.07, 6.45) is 0.938. The van der Waals surface area contributed by atoms with Crippen LogP contribution in [-0.2, 0) is 6.54 Å². The van der Waals surface area contributed by atoms with Gasteiger partial charge in [0.25, 0.3) is 6.43 Å². The van der Waals surface area contributed by atoms with Crippen molar-refractivity contribution in [3.8, 4) is 11.1 Å². The van der Waals surface area contributed by atoms with Crippen LogP contribution >= 0.6 is 0 Å². The molecule has 84 valence electrons. The summed E-state index contributed by atoms with van der Waals surface area (Å²) in [6.45, 7) is 2.69. The first-order valence-electron chi connectivity index (χ1n) is 5.12. The van der Waals surface area contributed by atoms with Gasteiger partial charge in [-0.1, -0.05) is 24.3 Å². The number of rotatable bonds is 3. The Morgan fingerprint density at radius 1 is 1.31 bits per heavy atom. The molecule has 0 unspecified atom stereocenters. The summed E-state index contributed by atoms with van der Waals surface area (Å²) in [5.41, 5.74) is 1.34. The third kappa shape index (κ3) is 1.96. The van der Waals surface area contributed by atoms with E-state index in [1.807, 2.05) is 6.92 Å². The van der Waals surface area contributed by atoms with Gasteiger partial charge < -0.3 is 0 Å². The van der Waals surface area contributed by atoms with E-state index in [-0.39, 0.29) is 5.56 Å². The summed E-state index contributed by atoms with van der Waals surface area (Å²) >= 11 is 0. The molecule has 0 saturated heterocycles. The Kier molecular flexibility index (Phi) is 2.99. The maximum Gasteiger partial charge on any atom is 0.264 e. The third-order valence-corrected chi connectivity index (χ3v) is 2.46. The van der Waals surface area contributed by atoms with Gasteiger partial charge >= 0.3 is 0 Å². The van der Waals surface area contributed by atoms with Crippen LogP contribution in [0.3, 0.4) is 0 Å². The molecule has 0 aliphatic carbocycles. The van der Waals surface area contributed by atoms with E-state index in [1.165, 1.54) is 6.07 Å². The van der Waals surface area contributed by atoms with Crippen molar-refractivity contribution >= 4 is 0 Å². The average Bonchev–Trinajstić information content (AvgIpc) is 2.77. The van der Waals surface area contributed by atoms with Crippen molar-refractivity contribution in [2.75, 3.05) is 0 Å². The van der Waals surface area contributed by atoms with E-state index in [9.17, 15) is 8.78 Å². The lowest BCUT2D eigenvalue weighted by Gasteiger charge is -2.05. The molecular formula is C12H12F2N2. The van der Waals surface area contributed by atoms with Gasteiger partial charge in [-0.05, 0) is 12.5 Å². The Balaban J connectivity index is 2.46. The van der Waals surface area contributed by atoms with E-state index in [0.29, 0.717) is 5.56 Å². The lowest BCUT2D eigenvalue weighted by Crippen LogP contribution is -1.92. The monoisotopic (exact) mass is 222 g/mol. The zero-order chi connectivity index (χ0) is 11.5. The Labute approximate surface area is 92.5 Å². The van der Waals surface area contributed by atoms with Crippen LogP contribution in [0.5, 0.6) is 0 Å². The molecular weight excluding hydrogens is 210 g/mol. The van der Waals surface area contributed by atoms with Crippen LogP contribution in [0, 0.1) is 0 Å². The molecule has 0 aliphatic rings. The minimum absolute atomic E-state index is 0.0538. The predicted molar refractivity (Wildman–Crippen MR) is 58.3 cm³/mol. The fourth-order valence-corrected chi connectivity index (χ4v) is 1.63. The molecule has 0 saturated carbocycles. The number of aryl methyl sites for hydroxylation is 1. The molecule has 2 rings (SSSR count). The van der Waals surface area contributed by atoms with Gasteiger partial charge in [-0.2, -0.15) is 5.10 Å². The molecule has 0 spiro atoms. The Morgan fingerprint density at radius 3 is 2.69 bits per heavy atom. The molecule has 0 amide bonds. The highest BCUT2D eigenvalue weighted by atomic mass is 19.3. The SMILES string of the molecule is CCn1cc(-c2ccccc2C(F)F)cn1. The van der Waals surface area contributed by atoms with Crippen molar-refractivity contribution in [3.63, 3.8) is 0 Å². The minimum atomic E-state index is -2.46. The Morgan fingerprint density at radius 2 is 2.06 bits per heavy atom. The topological polar surface area (TPSA) is 17.8 Å². The van der Waals surface area contributed by atoms with Crippen LogP contribution in [0.25, 0.3) is 11.1 Å². The predicted octanol–water partition coefficient (Wildman–Crippen LogP) is 3.51. The second-order valence-corrected chi connectivity index (χ2v) is 3.47. The fraction of sp³-hybridized carbons (Fsp3) is 0.250. The highest BCUT2D eigenvalue weighted by molar-refractivity contribution is 5.66. The van der Waals surface area contributed by atoms with Crippen molar-refractivity contribution < 1.29 is 8.78 Å². The summed E-state index contributed by atoms with van der Waals surface area (Å²) in [6, 6.07) is 6.52. The number of aromatic nitrogens is 2. The van der Waals surface area contributed by atoms with Crippen molar-refractivity contribution in [1.82, 2.24) is 9.78 Å². The van der Waals surface area contributed by atoms with Crippen molar-refractivity contribution in [3.05, 3.63) is 42.2 Å². The molecule has 0 bridgehead atoms. The molecule has 2 aromatic rings. The maximum atomic E-state index is 12.8. The second kappa shape index (κ2) is 4.43. The maximum absolute atomic E-state index is 12.8. The van der Waals surface area contributed by atoms with E-state index < -0.39 is 6.43 Å². The third-order valence-electron chi connectivity index (χ3n) is 2.46. The first-order valence-corrected chi connectivity index (χ1v) is 5.12. The van der Waals surface area contributed by atoms with Gasteiger partial charge in [0.15, 0.2) is 0 Å². The van der Waals surface area contributed by atoms with Crippen molar-refractivity contribution in [2.24, 2.45) is 0 Å². The van der Waals surface area contributed by atoms with Gasteiger partial charge in [0.05, 0.1) is 6.20 Å². The summed E-state index contributed by atoms with van der Waals surface area (Å²) in [5.74, 6) is 0. The number of halogens is 2. The fourth-order valence-electron chi connectivity index (χ4n) is 1.63. The van der Waals surface area contributed by atoms with Gasteiger partial charge in [-0.25, -0.2) is 8.78 Å². The summed E-state index contributed by atoms with van der Waals surface area (Å²) in [7, 11) is 0. The summed E-state index contributed by atoms with van der Waals surface area (Å²) in [4.78, 5) is 0. The molecule has 2 nitrogen and oxygen atoms in total. The molecule has 0 radical (unpaired) electrons. The standard InChI is InChI=1S/C12H12F2N2/c1-2-16-8-9(7-15-16)10-5-3-4-6-11(10)12(13)14/h3-8,12H,2H2,1H3. The molecule has 4 heteroatoms. The van der Waals surface area contributed by atoms with Crippen LogP contribution < -0.4 is 0 Å². The Bertz CT molecular complexity index is 477. The first-order chi connectivity index (χ1) is 7.72. The number of benzene rings is 1. The van der Waals surface area contributed by atoms with E-state index in [2.05, 4.69) is 5.10 Å². The molecule has 1 aromatic heterocycles. The number of alkyl halides is 2. The highest BCUT2D eigenvalue weighted by Gasteiger charge is 2.14. The van der Waals surface area contributed by atoms with Gasteiger partial charge in [0.2, 0.25) is 0 Å². The molecule has 0 fully saturated rings. The quantitative estimate of drug-likeness (QED) is 0.777. The largest absolute Gasteiger partial charge is 0.272 e. The van der Waals surface area contributed by atoms with E-state index >= 15 is 0 Å². The normalized spacial score (nSPS) is 11.0. The van der Waals surface area contributed by atoms with Crippen LogP contribution in [0.15, 0.2) is 36.7 Å². The lowest BCUT2D eigenvalue weighted by molar-refractivity contribution is 0.152. The van der Waals surface area contributed by atoms with Gasteiger partial charge in [0, 0.05) is 23.9 Å². The van der Waals surface area contributed by atoms with Crippen LogP contribution in [-0.4, -0.2) is 9.78 Å². The van der Waals surface area contributed by atoms with E-state index in [0.717, 1.165) is 12.1 Å². The van der Waals surface area contributed by atoms with E-state index in [4.69, 9.17) is 0 Å². The molecule has 16 heavy (non-hydrogen) atoms. The van der Waals surface area contributed by atoms with Crippen LogP contribution in [0.4, 0.5) is 8.78 Å². The minimum Gasteiger partial charge on any atom is -0.272 e. The number of nitrogens with zero attached hydrogens (tertiary/aromatic N) is 2. The zero-order valence-corrected chi connectivity index (χ0v) is 8.90. The molecule has 1 aromatic carbocycles. The average molecular weight is 222 g/mol. The molecule has 1 heterocycles. The first kappa shape index (κ1) is 10.8. The smallest absolute Gasteiger partial charge is 0.264 e. The molecule has 0 aliphatic heterocycles. The zero-order valence-electron chi connectivity index (χ0n) is 8.90. The van der Waals surface area contributed by atoms with Crippen LogP contribution in [0.2, 0.25) is 0 Å². The van der Waals surface area contributed by atoms with Crippen molar-refractivity contribution in [1.29, 1.82) is 0 Å². The molecule has 0 N–H and O–H groups in total. The Hall–Kier alpha value is -1.71.